The average Bonchev–Trinajstić information content (AvgIpc) is 2.76. The van der Waals surface area contributed by atoms with E-state index in [4.69, 9.17) is 0 Å². The van der Waals surface area contributed by atoms with Gasteiger partial charge in [-0.25, -0.2) is 11.5 Å². The fourth-order valence-electron chi connectivity index (χ4n) is 2.20. The van der Waals surface area contributed by atoms with Gasteiger partial charge in [0.2, 0.25) is 0 Å². The summed E-state index contributed by atoms with van der Waals surface area (Å²) in [5.74, 6) is -0.207. The SMILES string of the molecule is O=S(=O)(C[C@@H](O)[C@H]1CCCN1I)c1ccccc1. The molecule has 1 aliphatic rings. The number of aliphatic hydroxyl groups is 1. The minimum Gasteiger partial charge on any atom is -0.390 e. The van der Waals surface area contributed by atoms with Crippen LogP contribution in [0, 0.1) is 0 Å². The molecule has 0 radical (unpaired) electrons. The van der Waals surface area contributed by atoms with E-state index in [1.54, 1.807) is 30.3 Å². The number of hydrogen-bond donors (Lipinski definition) is 1. The Labute approximate surface area is 121 Å². The smallest absolute Gasteiger partial charge is 0.180 e. The van der Waals surface area contributed by atoms with E-state index in [0.717, 1.165) is 19.4 Å². The monoisotopic (exact) mass is 381 g/mol. The quantitative estimate of drug-likeness (QED) is 0.637. The second-order valence-electron chi connectivity index (χ2n) is 4.49. The van der Waals surface area contributed by atoms with Crippen LogP contribution in [-0.4, -0.2) is 41.1 Å². The zero-order valence-electron chi connectivity index (χ0n) is 9.87. The first-order valence-corrected chi connectivity index (χ1v) is 8.51. The topological polar surface area (TPSA) is 57.6 Å². The largest absolute Gasteiger partial charge is 0.390 e. The number of aliphatic hydroxyl groups excluding tert-OH is 1. The first-order chi connectivity index (χ1) is 8.50. The average molecular weight is 381 g/mol. The van der Waals surface area contributed by atoms with Gasteiger partial charge < -0.3 is 5.11 Å². The van der Waals surface area contributed by atoms with E-state index in [9.17, 15) is 13.5 Å². The van der Waals surface area contributed by atoms with Crippen LogP contribution in [0.15, 0.2) is 35.2 Å². The van der Waals surface area contributed by atoms with Crippen molar-refractivity contribution in [2.45, 2.75) is 29.9 Å². The van der Waals surface area contributed by atoms with E-state index in [-0.39, 0.29) is 16.7 Å². The zero-order chi connectivity index (χ0) is 13.2. The molecule has 1 aromatic rings. The zero-order valence-corrected chi connectivity index (χ0v) is 12.8. The Hall–Kier alpha value is -0.180. The number of benzene rings is 1. The lowest BCUT2D eigenvalue weighted by molar-refractivity contribution is 0.136. The lowest BCUT2D eigenvalue weighted by Gasteiger charge is -2.23. The summed E-state index contributed by atoms with van der Waals surface area (Å²) in [5.41, 5.74) is 0. The van der Waals surface area contributed by atoms with Gasteiger partial charge >= 0.3 is 0 Å². The molecule has 1 aromatic carbocycles. The van der Waals surface area contributed by atoms with Gasteiger partial charge in [0.15, 0.2) is 9.84 Å². The lowest BCUT2D eigenvalue weighted by atomic mass is 10.1. The third-order valence-corrected chi connectivity index (χ3v) is 6.14. The molecule has 1 fully saturated rings. The van der Waals surface area contributed by atoms with Gasteiger partial charge in [0.05, 0.1) is 16.8 Å². The highest BCUT2D eigenvalue weighted by Crippen LogP contribution is 2.25. The van der Waals surface area contributed by atoms with Crippen LogP contribution in [0.3, 0.4) is 0 Å². The van der Waals surface area contributed by atoms with E-state index in [1.165, 1.54) is 0 Å². The van der Waals surface area contributed by atoms with Crippen molar-refractivity contribution in [3.63, 3.8) is 0 Å². The van der Waals surface area contributed by atoms with Crippen molar-refractivity contribution in [3.05, 3.63) is 30.3 Å². The van der Waals surface area contributed by atoms with Crippen molar-refractivity contribution in [2.75, 3.05) is 12.3 Å². The van der Waals surface area contributed by atoms with Crippen molar-refractivity contribution in [3.8, 4) is 0 Å². The molecule has 1 N–H and O–H groups in total. The summed E-state index contributed by atoms with van der Waals surface area (Å²) in [6.45, 7) is 0.910. The summed E-state index contributed by atoms with van der Waals surface area (Å²) >= 11 is 2.15. The minimum atomic E-state index is -3.40. The molecule has 0 unspecified atom stereocenters. The Kier molecular flexibility index (Phi) is 4.63. The van der Waals surface area contributed by atoms with E-state index in [2.05, 4.69) is 22.9 Å². The molecule has 1 saturated heterocycles. The van der Waals surface area contributed by atoms with Gasteiger partial charge in [0.25, 0.3) is 0 Å². The summed E-state index contributed by atoms with van der Waals surface area (Å²) in [7, 11) is -3.40. The van der Waals surface area contributed by atoms with E-state index in [1.807, 2.05) is 3.11 Å². The molecule has 2 rings (SSSR count). The highest BCUT2D eigenvalue weighted by atomic mass is 127. The van der Waals surface area contributed by atoms with Gasteiger partial charge in [-0.2, -0.15) is 0 Å². The normalized spacial score (nSPS) is 23.1. The first kappa shape index (κ1) is 14.2. The maximum absolute atomic E-state index is 12.1. The number of sulfone groups is 1. The molecule has 0 aromatic heterocycles. The molecule has 6 heteroatoms. The molecule has 1 aliphatic heterocycles. The Morgan fingerprint density at radius 2 is 2.06 bits per heavy atom. The maximum atomic E-state index is 12.1. The third kappa shape index (κ3) is 3.23. The number of halogens is 1. The maximum Gasteiger partial charge on any atom is 0.180 e. The van der Waals surface area contributed by atoms with Crippen molar-refractivity contribution < 1.29 is 13.5 Å². The Morgan fingerprint density at radius 3 is 2.61 bits per heavy atom. The van der Waals surface area contributed by atoms with Crippen LogP contribution >= 0.6 is 22.9 Å². The second-order valence-corrected chi connectivity index (χ2v) is 7.77. The Bertz CT molecular complexity index is 491. The molecular weight excluding hydrogens is 365 g/mol. The van der Waals surface area contributed by atoms with Gasteiger partial charge in [0, 0.05) is 35.5 Å². The van der Waals surface area contributed by atoms with Gasteiger partial charge in [-0.15, -0.1) is 0 Å². The van der Waals surface area contributed by atoms with Crippen LogP contribution in [0.2, 0.25) is 0 Å². The molecule has 2 atom stereocenters. The predicted octanol–water partition coefficient (Wildman–Crippen LogP) is 1.64. The van der Waals surface area contributed by atoms with Crippen LogP contribution in [0.25, 0.3) is 0 Å². The van der Waals surface area contributed by atoms with Crippen molar-refractivity contribution >= 4 is 32.7 Å². The van der Waals surface area contributed by atoms with Crippen LogP contribution in [0.1, 0.15) is 12.8 Å². The van der Waals surface area contributed by atoms with Gasteiger partial charge in [0.1, 0.15) is 0 Å². The molecule has 0 spiro atoms. The Balaban J connectivity index is 2.09. The van der Waals surface area contributed by atoms with E-state index < -0.39 is 15.9 Å². The Morgan fingerprint density at radius 1 is 1.39 bits per heavy atom. The molecule has 100 valence electrons. The van der Waals surface area contributed by atoms with Gasteiger partial charge in [-0.3, -0.25) is 0 Å². The molecule has 0 amide bonds. The van der Waals surface area contributed by atoms with Crippen molar-refractivity contribution in [1.29, 1.82) is 0 Å². The summed E-state index contributed by atoms with van der Waals surface area (Å²) in [6.07, 6.45) is 1.04. The standard InChI is InChI=1S/C12H16INO3S/c13-14-8-4-7-11(14)12(15)9-18(16,17)10-5-2-1-3-6-10/h1-3,5-6,11-12,15H,4,7-9H2/t11-,12-/m1/s1. The van der Waals surface area contributed by atoms with Crippen molar-refractivity contribution in [2.24, 2.45) is 0 Å². The first-order valence-electron chi connectivity index (χ1n) is 5.89. The van der Waals surface area contributed by atoms with E-state index in [0.29, 0.717) is 0 Å². The number of nitrogens with zero attached hydrogens (tertiary/aromatic N) is 1. The molecule has 1 heterocycles. The van der Waals surface area contributed by atoms with Crippen LogP contribution in [0.5, 0.6) is 0 Å². The molecular formula is C12H16INO3S. The third-order valence-electron chi connectivity index (χ3n) is 3.17. The summed E-state index contributed by atoms with van der Waals surface area (Å²) in [5, 5.41) is 10.1. The molecule has 0 aliphatic carbocycles. The highest BCUT2D eigenvalue weighted by molar-refractivity contribution is 14.1. The fraction of sp³-hybridized carbons (Fsp3) is 0.500. The highest BCUT2D eigenvalue weighted by Gasteiger charge is 2.32. The van der Waals surface area contributed by atoms with Crippen LogP contribution in [-0.2, 0) is 9.84 Å². The molecule has 0 saturated carbocycles. The predicted molar refractivity (Wildman–Crippen MR) is 78.2 cm³/mol. The summed E-state index contributed by atoms with van der Waals surface area (Å²) in [4.78, 5) is 0.280. The minimum absolute atomic E-state index is 0.0518. The summed E-state index contributed by atoms with van der Waals surface area (Å²) < 4.78 is 26.3. The lowest BCUT2D eigenvalue weighted by Crippen LogP contribution is -2.38. The molecule has 4 nitrogen and oxygen atoms in total. The number of hydrogen-bond acceptors (Lipinski definition) is 4. The van der Waals surface area contributed by atoms with Crippen LogP contribution in [0.4, 0.5) is 0 Å². The molecule has 18 heavy (non-hydrogen) atoms. The van der Waals surface area contributed by atoms with Gasteiger partial charge in [-0.05, 0) is 25.0 Å². The van der Waals surface area contributed by atoms with E-state index >= 15 is 0 Å². The second kappa shape index (κ2) is 5.85. The fourth-order valence-corrected chi connectivity index (χ4v) is 4.62. The summed E-state index contributed by atoms with van der Waals surface area (Å²) in [6, 6.07) is 8.25. The molecule has 0 bridgehead atoms. The van der Waals surface area contributed by atoms with Crippen LogP contribution < -0.4 is 0 Å². The van der Waals surface area contributed by atoms with Gasteiger partial charge in [-0.1, -0.05) is 18.2 Å². The van der Waals surface area contributed by atoms with Crippen molar-refractivity contribution in [1.82, 2.24) is 3.11 Å². The number of rotatable bonds is 4.